The van der Waals surface area contributed by atoms with Gasteiger partial charge < -0.3 is 5.32 Å². The third-order valence-corrected chi connectivity index (χ3v) is 3.35. The second kappa shape index (κ2) is 7.87. The third kappa shape index (κ3) is 4.39. The Bertz CT molecular complexity index is 770. The van der Waals surface area contributed by atoms with Crippen molar-refractivity contribution >= 4 is 29.2 Å². The molecule has 0 aliphatic carbocycles. The summed E-state index contributed by atoms with van der Waals surface area (Å²) in [6, 6.07) is 11.6. The molecule has 0 heterocycles. The number of nitro benzene ring substituents is 2. The molecule has 2 rings (SSSR count). The van der Waals surface area contributed by atoms with Crippen LogP contribution in [0.3, 0.4) is 0 Å². The van der Waals surface area contributed by atoms with Gasteiger partial charge >= 0.3 is 11.4 Å². The van der Waals surface area contributed by atoms with Gasteiger partial charge in [0.2, 0.25) is 0 Å². The van der Waals surface area contributed by atoms with Crippen molar-refractivity contribution in [3.8, 4) is 0 Å². The minimum Gasteiger partial charge on any atom is -0.385 e. The summed E-state index contributed by atoms with van der Waals surface area (Å²) in [5, 5.41) is 25.0. The van der Waals surface area contributed by atoms with Crippen LogP contribution in [-0.2, 0) is 0 Å². The summed E-state index contributed by atoms with van der Waals surface area (Å²) in [4.78, 5) is 20.2. The molecule has 0 aromatic heterocycles. The Hall–Kier alpha value is -3.22. The highest BCUT2D eigenvalue weighted by Gasteiger charge is 2.23. The van der Waals surface area contributed by atoms with Gasteiger partial charge in [-0.3, -0.25) is 20.2 Å². The smallest absolute Gasteiger partial charge is 0.346 e. The van der Waals surface area contributed by atoms with Crippen molar-refractivity contribution in [2.24, 2.45) is 0 Å². The number of rotatable bonds is 7. The van der Waals surface area contributed by atoms with Crippen LogP contribution >= 0.6 is 0 Å². The maximum Gasteiger partial charge on any atom is 0.346 e. The van der Waals surface area contributed by atoms with Crippen LogP contribution in [0.2, 0.25) is 0 Å². The number of benzene rings is 2. The van der Waals surface area contributed by atoms with Crippen molar-refractivity contribution in [1.29, 1.82) is 0 Å². The van der Waals surface area contributed by atoms with Crippen molar-refractivity contribution in [2.45, 2.75) is 13.3 Å². The first-order chi connectivity index (χ1) is 11.5. The van der Waals surface area contributed by atoms with Gasteiger partial charge in [0.1, 0.15) is 0 Å². The van der Waals surface area contributed by atoms with Crippen LogP contribution in [-0.4, -0.2) is 16.4 Å². The minimum atomic E-state index is -0.756. The van der Waals surface area contributed by atoms with E-state index < -0.39 is 21.2 Å². The average Bonchev–Trinajstić information content (AvgIpc) is 2.58. The van der Waals surface area contributed by atoms with Crippen molar-refractivity contribution < 1.29 is 9.85 Å². The quantitative estimate of drug-likeness (QED) is 0.459. The van der Waals surface area contributed by atoms with Crippen LogP contribution in [0, 0.1) is 20.2 Å². The molecule has 0 bridgehead atoms. The summed E-state index contributed by atoms with van der Waals surface area (Å²) in [6.45, 7) is 3.00. The monoisotopic (exact) mass is 327 g/mol. The van der Waals surface area contributed by atoms with Crippen LogP contribution in [0.5, 0.6) is 0 Å². The van der Waals surface area contributed by atoms with E-state index in [-0.39, 0.29) is 0 Å². The SMILES string of the molecule is CCCNc1ccc(C=Cc2ccc([N+](=O)[O-])c([N+](=O)[O-])c2)cc1. The lowest BCUT2D eigenvalue weighted by molar-refractivity contribution is -0.422. The average molecular weight is 327 g/mol. The molecule has 2 aromatic carbocycles. The molecular weight excluding hydrogens is 310 g/mol. The zero-order chi connectivity index (χ0) is 17.5. The first-order valence-corrected chi connectivity index (χ1v) is 7.46. The number of hydrogen-bond donors (Lipinski definition) is 1. The van der Waals surface area contributed by atoms with E-state index in [1.54, 1.807) is 12.2 Å². The molecule has 0 aliphatic rings. The number of nitrogens with zero attached hydrogens (tertiary/aromatic N) is 2. The van der Waals surface area contributed by atoms with E-state index in [4.69, 9.17) is 0 Å². The highest BCUT2D eigenvalue weighted by molar-refractivity contribution is 5.73. The molecule has 0 atom stereocenters. The zero-order valence-corrected chi connectivity index (χ0v) is 13.1. The van der Waals surface area contributed by atoms with E-state index in [0.29, 0.717) is 5.56 Å². The van der Waals surface area contributed by atoms with E-state index in [1.807, 2.05) is 24.3 Å². The number of hydrogen-bond acceptors (Lipinski definition) is 5. The molecule has 1 N–H and O–H groups in total. The van der Waals surface area contributed by atoms with E-state index in [9.17, 15) is 20.2 Å². The summed E-state index contributed by atoms with van der Waals surface area (Å²) in [5.74, 6) is 0. The summed E-state index contributed by atoms with van der Waals surface area (Å²) in [5.41, 5.74) is 1.46. The lowest BCUT2D eigenvalue weighted by atomic mass is 10.1. The molecule has 0 unspecified atom stereocenters. The first kappa shape index (κ1) is 17.1. The predicted molar refractivity (Wildman–Crippen MR) is 93.9 cm³/mol. The molecule has 0 fully saturated rings. The maximum absolute atomic E-state index is 10.9. The largest absolute Gasteiger partial charge is 0.385 e. The molecule has 0 radical (unpaired) electrons. The maximum atomic E-state index is 10.9. The predicted octanol–water partition coefficient (Wildman–Crippen LogP) is 4.50. The van der Waals surface area contributed by atoms with Crippen molar-refractivity contribution in [3.63, 3.8) is 0 Å². The standard InChI is InChI=1S/C17H17N3O4/c1-2-11-18-15-8-5-13(6-9-15)3-4-14-7-10-16(19(21)22)17(12-14)20(23)24/h3-10,12,18H,2,11H2,1H3. The van der Waals surface area contributed by atoms with E-state index in [0.717, 1.165) is 30.3 Å². The summed E-state index contributed by atoms with van der Waals surface area (Å²) in [7, 11) is 0. The Morgan fingerprint density at radius 1 is 0.917 bits per heavy atom. The van der Waals surface area contributed by atoms with Crippen LogP contribution in [0.15, 0.2) is 42.5 Å². The fraction of sp³-hybridized carbons (Fsp3) is 0.176. The Morgan fingerprint density at radius 3 is 2.08 bits per heavy atom. The lowest BCUT2D eigenvalue weighted by Crippen LogP contribution is -1.98. The fourth-order valence-corrected chi connectivity index (χ4v) is 2.12. The Morgan fingerprint density at radius 2 is 1.50 bits per heavy atom. The van der Waals surface area contributed by atoms with Gasteiger partial charge in [-0.15, -0.1) is 0 Å². The van der Waals surface area contributed by atoms with Gasteiger partial charge in [-0.1, -0.05) is 31.2 Å². The molecular formula is C17H17N3O4. The van der Waals surface area contributed by atoms with E-state index in [2.05, 4.69) is 12.2 Å². The lowest BCUT2D eigenvalue weighted by Gasteiger charge is -2.04. The third-order valence-electron chi connectivity index (χ3n) is 3.35. The van der Waals surface area contributed by atoms with Crippen molar-refractivity contribution in [2.75, 3.05) is 11.9 Å². The highest BCUT2D eigenvalue weighted by atomic mass is 16.6. The molecule has 0 spiro atoms. The topological polar surface area (TPSA) is 98.3 Å². The van der Waals surface area contributed by atoms with Gasteiger partial charge in [-0.2, -0.15) is 0 Å². The molecule has 0 saturated carbocycles. The van der Waals surface area contributed by atoms with Gasteiger partial charge in [0.05, 0.1) is 9.85 Å². The molecule has 24 heavy (non-hydrogen) atoms. The van der Waals surface area contributed by atoms with E-state index in [1.165, 1.54) is 12.1 Å². The molecule has 7 nitrogen and oxygen atoms in total. The number of nitro groups is 2. The summed E-state index contributed by atoms with van der Waals surface area (Å²) >= 11 is 0. The molecule has 2 aromatic rings. The molecule has 0 saturated heterocycles. The fourth-order valence-electron chi connectivity index (χ4n) is 2.12. The Balaban J connectivity index is 2.18. The van der Waals surface area contributed by atoms with Crippen molar-refractivity contribution in [3.05, 3.63) is 73.8 Å². The van der Waals surface area contributed by atoms with Gasteiger partial charge in [-0.25, -0.2) is 0 Å². The second-order valence-electron chi connectivity index (χ2n) is 5.14. The van der Waals surface area contributed by atoms with Gasteiger partial charge in [0.15, 0.2) is 0 Å². The van der Waals surface area contributed by atoms with Gasteiger partial charge in [0, 0.05) is 24.4 Å². The second-order valence-corrected chi connectivity index (χ2v) is 5.14. The summed E-state index contributed by atoms with van der Waals surface area (Å²) < 4.78 is 0. The Kier molecular flexibility index (Phi) is 5.62. The van der Waals surface area contributed by atoms with E-state index >= 15 is 0 Å². The van der Waals surface area contributed by atoms with Crippen LogP contribution < -0.4 is 5.32 Å². The molecule has 124 valence electrons. The van der Waals surface area contributed by atoms with Crippen LogP contribution in [0.4, 0.5) is 17.1 Å². The molecule has 0 aliphatic heterocycles. The normalized spacial score (nSPS) is 10.7. The Labute approximate surface area is 138 Å². The highest BCUT2D eigenvalue weighted by Crippen LogP contribution is 2.28. The first-order valence-electron chi connectivity index (χ1n) is 7.46. The number of nitrogens with one attached hydrogen (secondary N) is 1. The number of anilines is 1. The molecule has 7 heteroatoms. The van der Waals surface area contributed by atoms with Crippen LogP contribution in [0.25, 0.3) is 12.2 Å². The van der Waals surface area contributed by atoms with Crippen LogP contribution in [0.1, 0.15) is 24.5 Å². The van der Waals surface area contributed by atoms with Gasteiger partial charge in [-0.05, 0) is 35.7 Å². The zero-order valence-electron chi connectivity index (χ0n) is 13.1. The van der Waals surface area contributed by atoms with Gasteiger partial charge in [0.25, 0.3) is 0 Å². The summed E-state index contributed by atoms with van der Waals surface area (Å²) in [6.07, 6.45) is 4.53. The molecule has 0 amide bonds. The minimum absolute atomic E-state index is 0.511. The van der Waals surface area contributed by atoms with Crippen molar-refractivity contribution in [1.82, 2.24) is 0 Å².